The molecule has 0 radical (unpaired) electrons. The van der Waals surface area contributed by atoms with Crippen molar-refractivity contribution in [3.8, 4) is 0 Å². The highest BCUT2D eigenvalue weighted by Gasteiger charge is 1.99. The Morgan fingerprint density at radius 3 is 2.50 bits per heavy atom. The average molecular weight is 219 g/mol. The Morgan fingerprint density at radius 2 is 1.94 bits per heavy atom. The van der Waals surface area contributed by atoms with Crippen LogP contribution in [0.5, 0.6) is 0 Å². The summed E-state index contributed by atoms with van der Waals surface area (Å²) >= 11 is 0. The summed E-state index contributed by atoms with van der Waals surface area (Å²) in [5.41, 5.74) is 6.86. The number of esters is 1. The van der Waals surface area contributed by atoms with Crippen molar-refractivity contribution < 1.29 is 14.3 Å². The van der Waals surface area contributed by atoms with Crippen LogP contribution >= 0.6 is 0 Å². The van der Waals surface area contributed by atoms with Gasteiger partial charge in [0.25, 0.3) is 5.91 Å². The highest BCUT2D eigenvalue weighted by Crippen LogP contribution is 2.04. The van der Waals surface area contributed by atoms with Gasteiger partial charge >= 0.3 is 5.97 Å². The summed E-state index contributed by atoms with van der Waals surface area (Å²) in [5.74, 6) is -1.25. The van der Waals surface area contributed by atoms with E-state index in [0.29, 0.717) is 0 Å². The standard InChI is InChI=1S/C12H13NO3/c1-9-2-4-10(5-3-9)6-7-12(15)16-8-11(13)14/h2-7H,8H2,1H3,(H2,13,14)/b7-6+. The van der Waals surface area contributed by atoms with Crippen LogP contribution in [0.4, 0.5) is 0 Å². The normalized spacial score (nSPS) is 10.3. The van der Waals surface area contributed by atoms with Gasteiger partial charge in [-0.25, -0.2) is 4.79 Å². The first-order valence-corrected chi connectivity index (χ1v) is 4.78. The lowest BCUT2D eigenvalue weighted by molar-refractivity contribution is -0.142. The van der Waals surface area contributed by atoms with Crippen molar-refractivity contribution in [2.24, 2.45) is 5.73 Å². The third kappa shape index (κ3) is 4.41. The molecule has 0 unspecified atom stereocenters. The van der Waals surface area contributed by atoms with Gasteiger partial charge in [0.1, 0.15) is 0 Å². The number of carbonyl (C=O) groups is 2. The number of hydrogen-bond acceptors (Lipinski definition) is 3. The zero-order chi connectivity index (χ0) is 12.0. The maximum Gasteiger partial charge on any atom is 0.331 e. The predicted octanol–water partition coefficient (Wildman–Crippen LogP) is 1.04. The lowest BCUT2D eigenvalue weighted by atomic mass is 10.1. The zero-order valence-electron chi connectivity index (χ0n) is 8.97. The average Bonchev–Trinajstić information content (AvgIpc) is 2.25. The van der Waals surface area contributed by atoms with Crippen LogP contribution < -0.4 is 5.73 Å². The molecule has 4 heteroatoms. The largest absolute Gasteiger partial charge is 0.452 e. The van der Waals surface area contributed by atoms with Crippen LogP contribution in [0.2, 0.25) is 0 Å². The maximum absolute atomic E-state index is 11.1. The number of rotatable bonds is 4. The van der Waals surface area contributed by atoms with Gasteiger partial charge in [0.2, 0.25) is 0 Å². The number of aryl methyl sites for hydroxylation is 1. The van der Waals surface area contributed by atoms with Gasteiger partial charge in [-0.05, 0) is 18.6 Å². The van der Waals surface area contributed by atoms with Crippen molar-refractivity contribution in [2.45, 2.75) is 6.92 Å². The summed E-state index contributed by atoms with van der Waals surface area (Å²) in [4.78, 5) is 21.4. The monoisotopic (exact) mass is 219 g/mol. The summed E-state index contributed by atoms with van der Waals surface area (Å²) < 4.78 is 4.55. The van der Waals surface area contributed by atoms with E-state index >= 15 is 0 Å². The molecule has 0 spiro atoms. The summed E-state index contributed by atoms with van der Waals surface area (Å²) in [7, 11) is 0. The van der Waals surface area contributed by atoms with Crippen molar-refractivity contribution in [1.82, 2.24) is 0 Å². The fourth-order valence-corrected chi connectivity index (χ4v) is 1.03. The van der Waals surface area contributed by atoms with E-state index in [0.717, 1.165) is 11.1 Å². The molecule has 0 saturated heterocycles. The highest BCUT2D eigenvalue weighted by atomic mass is 16.5. The molecule has 16 heavy (non-hydrogen) atoms. The van der Waals surface area contributed by atoms with Crippen molar-refractivity contribution in [2.75, 3.05) is 6.61 Å². The third-order valence-electron chi connectivity index (χ3n) is 1.85. The Balaban J connectivity index is 2.50. The highest BCUT2D eigenvalue weighted by molar-refractivity contribution is 5.88. The predicted molar refractivity (Wildman–Crippen MR) is 60.4 cm³/mol. The molecule has 0 heterocycles. The van der Waals surface area contributed by atoms with Crippen LogP contribution in [0.3, 0.4) is 0 Å². The molecule has 0 atom stereocenters. The summed E-state index contributed by atoms with van der Waals surface area (Å²) in [6.45, 7) is 1.59. The molecule has 0 aliphatic carbocycles. The lowest BCUT2D eigenvalue weighted by Crippen LogP contribution is -2.19. The van der Waals surface area contributed by atoms with Crippen LogP contribution in [0.1, 0.15) is 11.1 Å². The Morgan fingerprint density at radius 1 is 1.31 bits per heavy atom. The summed E-state index contributed by atoms with van der Waals surface area (Å²) in [5, 5.41) is 0. The molecular formula is C12H13NO3. The van der Waals surface area contributed by atoms with E-state index in [1.165, 1.54) is 6.08 Å². The van der Waals surface area contributed by atoms with Crippen molar-refractivity contribution >= 4 is 18.0 Å². The fourth-order valence-electron chi connectivity index (χ4n) is 1.03. The van der Waals surface area contributed by atoms with E-state index in [4.69, 9.17) is 5.73 Å². The van der Waals surface area contributed by atoms with E-state index in [9.17, 15) is 9.59 Å². The molecule has 1 amide bonds. The smallest absolute Gasteiger partial charge is 0.331 e. The SMILES string of the molecule is Cc1ccc(/C=C/C(=O)OCC(N)=O)cc1. The Kier molecular flexibility index (Phi) is 4.27. The third-order valence-corrected chi connectivity index (χ3v) is 1.85. The first-order chi connectivity index (χ1) is 7.58. The minimum atomic E-state index is -0.669. The second-order valence-corrected chi connectivity index (χ2v) is 3.32. The summed E-state index contributed by atoms with van der Waals surface area (Å²) in [6, 6.07) is 7.64. The topological polar surface area (TPSA) is 69.4 Å². The quantitative estimate of drug-likeness (QED) is 0.607. The van der Waals surface area contributed by atoms with Gasteiger partial charge in [-0.15, -0.1) is 0 Å². The number of hydrogen-bond donors (Lipinski definition) is 1. The minimum Gasteiger partial charge on any atom is -0.452 e. The number of benzene rings is 1. The molecule has 2 N–H and O–H groups in total. The van der Waals surface area contributed by atoms with Crippen molar-refractivity contribution in [1.29, 1.82) is 0 Å². The number of primary amides is 1. The van der Waals surface area contributed by atoms with Crippen LogP contribution in [0, 0.1) is 6.92 Å². The molecule has 84 valence electrons. The molecular weight excluding hydrogens is 206 g/mol. The van der Waals surface area contributed by atoms with Crippen molar-refractivity contribution in [3.63, 3.8) is 0 Å². The van der Waals surface area contributed by atoms with Gasteiger partial charge in [0.05, 0.1) is 0 Å². The van der Waals surface area contributed by atoms with Crippen LogP contribution in [-0.4, -0.2) is 18.5 Å². The van der Waals surface area contributed by atoms with E-state index in [1.54, 1.807) is 6.08 Å². The molecule has 0 aromatic heterocycles. The van der Waals surface area contributed by atoms with E-state index in [1.807, 2.05) is 31.2 Å². The number of nitrogens with two attached hydrogens (primary N) is 1. The first-order valence-electron chi connectivity index (χ1n) is 4.78. The van der Waals surface area contributed by atoms with Gasteiger partial charge in [0.15, 0.2) is 6.61 Å². The second-order valence-electron chi connectivity index (χ2n) is 3.32. The van der Waals surface area contributed by atoms with Gasteiger partial charge in [-0.1, -0.05) is 29.8 Å². The minimum absolute atomic E-state index is 0.392. The van der Waals surface area contributed by atoms with Gasteiger partial charge < -0.3 is 10.5 Å². The molecule has 0 aliphatic heterocycles. The molecule has 0 fully saturated rings. The number of carbonyl (C=O) groups excluding carboxylic acids is 2. The van der Waals surface area contributed by atoms with Crippen molar-refractivity contribution in [3.05, 3.63) is 41.5 Å². The number of ether oxygens (including phenoxy) is 1. The van der Waals surface area contributed by atoms with Gasteiger partial charge in [-0.3, -0.25) is 4.79 Å². The van der Waals surface area contributed by atoms with E-state index in [2.05, 4.69) is 4.74 Å². The maximum atomic E-state index is 11.1. The number of amides is 1. The zero-order valence-corrected chi connectivity index (χ0v) is 8.97. The van der Waals surface area contributed by atoms with Gasteiger partial charge in [0, 0.05) is 6.08 Å². The van der Waals surface area contributed by atoms with E-state index < -0.39 is 18.5 Å². The molecule has 0 aliphatic rings. The fraction of sp³-hybridized carbons (Fsp3) is 0.167. The Hall–Kier alpha value is -2.10. The van der Waals surface area contributed by atoms with E-state index in [-0.39, 0.29) is 0 Å². The first kappa shape index (κ1) is 12.0. The summed E-state index contributed by atoms with van der Waals surface area (Å²) in [6.07, 6.45) is 2.87. The molecule has 1 rings (SSSR count). The van der Waals surface area contributed by atoms with Crippen LogP contribution in [0.15, 0.2) is 30.3 Å². The van der Waals surface area contributed by atoms with Crippen LogP contribution in [-0.2, 0) is 14.3 Å². The Labute approximate surface area is 93.7 Å². The molecule has 1 aromatic carbocycles. The molecule has 0 bridgehead atoms. The molecule has 4 nitrogen and oxygen atoms in total. The molecule has 0 saturated carbocycles. The molecule has 1 aromatic rings. The lowest BCUT2D eigenvalue weighted by Gasteiger charge is -1.97. The van der Waals surface area contributed by atoms with Crippen LogP contribution in [0.25, 0.3) is 6.08 Å². The Bertz CT molecular complexity index is 407. The van der Waals surface area contributed by atoms with Gasteiger partial charge in [-0.2, -0.15) is 0 Å². The second kappa shape index (κ2) is 5.70.